The highest BCUT2D eigenvalue weighted by atomic mass is 16.5. The molecule has 204 valence electrons. The van der Waals surface area contributed by atoms with Crippen molar-refractivity contribution in [2.75, 3.05) is 44.7 Å². The van der Waals surface area contributed by atoms with Gasteiger partial charge in [0.2, 0.25) is 11.8 Å². The second kappa shape index (κ2) is 10.8. The first-order valence-electron chi connectivity index (χ1n) is 14.4. The Morgan fingerprint density at radius 2 is 1.81 bits per heavy atom. The van der Waals surface area contributed by atoms with Crippen LogP contribution >= 0.6 is 0 Å². The first kappa shape index (κ1) is 26.3. The van der Waals surface area contributed by atoms with Crippen LogP contribution in [-0.4, -0.2) is 89.8 Å². The van der Waals surface area contributed by atoms with Crippen molar-refractivity contribution in [3.63, 3.8) is 0 Å². The van der Waals surface area contributed by atoms with Gasteiger partial charge >= 0.3 is 0 Å². The molecule has 4 aliphatic rings. The van der Waals surface area contributed by atoms with Gasteiger partial charge in [-0.1, -0.05) is 44.7 Å². The summed E-state index contributed by atoms with van der Waals surface area (Å²) in [4.78, 5) is 34.0. The largest absolute Gasteiger partial charge is 0.485 e. The number of ether oxygens (including phenoxy) is 1. The summed E-state index contributed by atoms with van der Waals surface area (Å²) in [5, 5.41) is 14.2. The maximum absolute atomic E-state index is 13.8. The van der Waals surface area contributed by atoms with Crippen LogP contribution in [0.4, 0.5) is 5.69 Å². The number of fused-ring (bicyclic) bond motifs is 1. The Kier molecular flexibility index (Phi) is 7.68. The molecule has 0 bridgehead atoms. The Morgan fingerprint density at radius 1 is 1.08 bits per heavy atom. The molecule has 0 radical (unpaired) electrons. The highest BCUT2D eigenvalue weighted by molar-refractivity contribution is 6.00. The number of nitrogens with one attached hydrogen (secondary N) is 1. The van der Waals surface area contributed by atoms with Crippen LogP contribution in [0.5, 0.6) is 5.75 Å². The first-order valence-corrected chi connectivity index (χ1v) is 14.4. The molecule has 1 saturated carbocycles. The van der Waals surface area contributed by atoms with Crippen molar-refractivity contribution in [2.45, 2.75) is 94.4 Å². The van der Waals surface area contributed by atoms with E-state index in [9.17, 15) is 14.7 Å². The van der Waals surface area contributed by atoms with Crippen molar-refractivity contribution in [3.05, 3.63) is 24.3 Å². The fraction of sp³-hybridized carbons (Fsp3) is 0.724. The minimum Gasteiger partial charge on any atom is -0.485 e. The summed E-state index contributed by atoms with van der Waals surface area (Å²) in [5.74, 6) is 0.882. The quantitative estimate of drug-likeness (QED) is 0.585. The maximum atomic E-state index is 13.8. The van der Waals surface area contributed by atoms with E-state index in [0.717, 1.165) is 69.7 Å². The molecule has 3 heterocycles. The summed E-state index contributed by atoms with van der Waals surface area (Å²) in [6.45, 7) is 5.85. The van der Waals surface area contributed by atoms with Crippen LogP contribution in [0.3, 0.4) is 0 Å². The van der Waals surface area contributed by atoms with Crippen molar-refractivity contribution in [3.8, 4) is 5.75 Å². The number of piperazine rings is 1. The Labute approximate surface area is 221 Å². The predicted molar refractivity (Wildman–Crippen MR) is 144 cm³/mol. The van der Waals surface area contributed by atoms with Crippen LogP contribution in [0.15, 0.2) is 24.3 Å². The van der Waals surface area contributed by atoms with Crippen molar-refractivity contribution in [1.29, 1.82) is 0 Å². The molecule has 2 N–H and O–H groups in total. The zero-order chi connectivity index (χ0) is 26.0. The molecule has 2 amide bonds. The van der Waals surface area contributed by atoms with Gasteiger partial charge in [0.1, 0.15) is 23.4 Å². The van der Waals surface area contributed by atoms with Crippen LogP contribution in [0.25, 0.3) is 0 Å². The fourth-order valence-electron chi connectivity index (χ4n) is 6.93. The zero-order valence-electron chi connectivity index (χ0n) is 22.6. The monoisotopic (exact) mass is 512 g/mol. The van der Waals surface area contributed by atoms with Crippen molar-refractivity contribution < 1.29 is 19.4 Å². The van der Waals surface area contributed by atoms with Gasteiger partial charge in [0, 0.05) is 39.6 Å². The molecule has 8 nitrogen and oxygen atoms in total. The number of aliphatic hydroxyl groups is 1. The fourth-order valence-corrected chi connectivity index (χ4v) is 6.93. The van der Waals surface area contributed by atoms with Gasteiger partial charge in [-0.2, -0.15) is 0 Å². The molecule has 1 aliphatic carbocycles. The molecular weight excluding hydrogens is 468 g/mol. The van der Waals surface area contributed by atoms with E-state index in [4.69, 9.17) is 4.74 Å². The van der Waals surface area contributed by atoms with Crippen molar-refractivity contribution in [1.82, 2.24) is 15.1 Å². The summed E-state index contributed by atoms with van der Waals surface area (Å²) >= 11 is 0. The van der Waals surface area contributed by atoms with Crippen LogP contribution < -0.4 is 15.0 Å². The van der Waals surface area contributed by atoms with E-state index in [2.05, 4.69) is 35.2 Å². The predicted octanol–water partition coefficient (Wildman–Crippen LogP) is 2.93. The summed E-state index contributed by atoms with van der Waals surface area (Å²) in [6, 6.07) is 7.52. The normalized spacial score (nSPS) is 27.5. The smallest absolute Gasteiger partial charge is 0.246 e. The second-order valence-electron chi connectivity index (χ2n) is 11.8. The Bertz CT molecular complexity index is 970. The molecule has 8 heteroatoms. The average Bonchev–Trinajstić information content (AvgIpc) is 2.89. The van der Waals surface area contributed by atoms with Gasteiger partial charge in [0.15, 0.2) is 0 Å². The summed E-state index contributed by atoms with van der Waals surface area (Å²) in [6.07, 6.45) is 8.02. The van der Waals surface area contributed by atoms with Gasteiger partial charge in [0.05, 0.1) is 17.8 Å². The molecule has 1 spiro atoms. The second-order valence-corrected chi connectivity index (χ2v) is 11.8. The molecule has 3 fully saturated rings. The van der Waals surface area contributed by atoms with Crippen LogP contribution in [0, 0.1) is 0 Å². The number of nitrogens with zero attached hydrogens (tertiary/aromatic N) is 3. The first-order chi connectivity index (χ1) is 17.8. The zero-order valence-corrected chi connectivity index (χ0v) is 22.6. The number of piperidine rings is 1. The van der Waals surface area contributed by atoms with Gasteiger partial charge < -0.3 is 25.0 Å². The summed E-state index contributed by atoms with van der Waals surface area (Å²) < 4.78 is 6.30. The number of carbonyl (C=O) groups is 2. The third kappa shape index (κ3) is 5.32. The number of hydrogen-bond acceptors (Lipinski definition) is 6. The van der Waals surface area contributed by atoms with E-state index in [0.29, 0.717) is 38.6 Å². The standard InChI is InChI=1S/C29H44N4O4/c1-3-4-16-33-26(34)23(19-28(36)12-8-5-9-13-28)30-27(35)29(33)14-17-32(18-15-29)21-22-20-31(2)24-10-6-7-11-25(24)37-22/h6-7,10-11,22-23,36H,3-5,8-9,12-21H2,1-2H3,(H,30,35)/t22?,23-/m1/s1. The molecule has 1 aromatic rings. The van der Waals surface area contributed by atoms with Gasteiger partial charge in [0.25, 0.3) is 0 Å². The molecule has 37 heavy (non-hydrogen) atoms. The molecule has 2 atom stereocenters. The van der Waals surface area contributed by atoms with Crippen molar-refractivity contribution in [2.24, 2.45) is 0 Å². The number of para-hydroxylation sites is 2. The highest BCUT2D eigenvalue weighted by Crippen LogP contribution is 2.38. The van der Waals surface area contributed by atoms with E-state index in [1.165, 1.54) is 0 Å². The average molecular weight is 513 g/mol. The molecule has 1 aromatic carbocycles. The van der Waals surface area contributed by atoms with E-state index >= 15 is 0 Å². The minimum atomic E-state index is -0.845. The number of likely N-dealkylation sites (tertiary alicyclic amines) is 1. The van der Waals surface area contributed by atoms with Gasteiger partial charge in [-0.05, 0) is 44.2 Å². The third-order valence-electron chi connectivity index (χ3n) is 9.11. The summed E-state index contributed by atoms with van der Waals surface area (Å²) in [7, 11) is 2.10. The van der Waals surface area contributed by atoms with E-state index in [-0.39, 0.29) is 17.9 Å². The Balaban J connectivity index is 1.24. The maximum Gasteiger partial charge on any atom is 0.246 e. The number of hydrogen-bond donors (Lipinski definition) is 2. The number of rotatable bonds is 7. The molecule has 0 aromatic heterocycles. The SMILES string of the molecule is CCCCN1C(=O)[C@@H](CC2(O)CCCCC2)NC(=O)C12CCN(CC1CN(C)c3ccccc3O1)CC2. The van der Waals surface area contributed by atoms with Gasteiger partial charge in [-0.25, -0.2) is 0 Å². The lowest BCUT2D eigenvalue weighted by molar-refractivity contribution is -0.163. The number of amides is 2. The molecule has 2 saturated heterocycles. The minimum absolute atomic E-state index is 0.00524. The number of likely N-dealkylation sites (N-methyl/N-ethyl adjacent to an activating group) is 1. The van der Waals surface area contributed by atoms with Gasteiger partial charge in [-0.15, -0.1) is 0 Å². The van der Waals surface area contributed by atoms with Crippen LogP contribution in [-0.2, 0) is 9.59 Å². The lowest BCUT2D eigenvalue weighted by Gasteiger charge is -2.52. The number of benzene rings is 1. The highest BCUT2D eigenvalue weighted by Gasteiger charge is 2.54. The lowest BCUT2D eigenvalue weighted by atomic mass is 9.77. The summed E-state index contributed by atoms with van der Waals surface area (Å²) in [5.41, 5.74) is -0.513. The topological polar surface area (TPSA) is 85.4 Å². The molecular formula is C29H44N4O4. The van der Waals surface area contributed by atoms with Crippen molar-refractivity contribution >= 4 is 17.5 Å². The number of carbonyl (C=O) groups excluding carboxylic acids is 2. The van der Waals surface area contributed by atoms with E-state index in [1.807, 2.05) is 23.1 Å². The molecule has 5 rings (SSSR count). The Morgan fingerprint density at radius 3 is 2.54 bits per heavy atom. The van der Waals surface area contributed by atoms with E-state index < -0.39 is 17.2 Å². The lowest BCUT2D eigenvalue weighted by Crippen LogP contribution is -2.73. The van der Waals surface area contributed by atoms with Gasteiger partial charge in [-0.3, -0.25) is 14.5 Å². The molecule has 1 unspecified atom stereocenters. The third-order valence-corrected chi connectivity index (χ3v) is 9.11. The Hall–Kier alpha value is -2.32. The number of unbranched alkanes of at least 4 members (excludes halogenated alkanes) is 1. The van der Waals surface area contributed by atoms with Crippen LogP contribution in [0.1, 0.15) is 71.1 Å². The number of anilines is 1. The van der Waals surface area contributed by atoms with Crippen LogP contribution in [0.2, 0.25) is 0 Å². The van der Waals surface area contributed by atoms with E-state index in [1.54, 1.807) is 0 Å². The molecule has 3 aliphatic heterocycles.